The highest BCUT2D eigenvalue weighted by molar-refractivity contribution is 8.23. The molecule has 0 amide bonds. The molecule has 1 nitrogen and oxygen atoms in total. The fraction of sp³-hybridized carbons (Fsp3) is 0.857. The first kappa shape index (κ1) is 10.2. The Kier molecular flexibility index (Phi) is 2.63. The largest absolute Gasteiger partial charge is 0.437 e. The third-order valence-corrected chi connectivity index (χ3v) is 3.46. The molecule has 1 aliphatic heterocycles. The molecule has 0 aliphatic carbocycles. The van der Waals surface area contributed by atoms with E-state index in [1.807, 2.05) is 0 Å². The van der Waals surface area contributed by atoms with Gasteiger partial charge in [-0.05, 0) is 30.4 Å². The number of hydrogen-bond donors (Lipinski definition) is 0. The molecule has 1 saturated heterocycles. The van der Waals surface area contributed by atoms with Gasteiger partial charge in [-0.25, -0.2) is 4.39 Å². The molecule has 0 saturated carbocycles. The van der Waals surface area contributed by atoms with Gasteiger partial charge in [0.25, 0.3) is 5.85 Å². The molecule has 0 spiro atoms. The molecular formula is C7H10F2OS2. The second kappa shape index (κ2) is 3.10. The summed E-state index contributed by atoms with van der Waals surface area (Å²) in [5.74, 6) is -2.23. The summed E-state index contributed by atoms with van der Waals surface area (Å²) < 4.78 is 32.0. The molecule has 2 unspecified atom stereocenters. The van der Waals surface area contributed by atoms with Crippen LogP contribution in [-0.2, 0) is 4.74 Å². The van der Waals surface area contributed by atoms with Crippen LogP contribution in [0, 0.1) is 0 Å². The van der Waals surface area contributed by atoms with Gasteiger partial charge in [0.15, 0.2) is 0 Å². The normalized spacial score (nSPS) is 41.5. The predicted molar refractivity (Wildman–Crippen MR) is 49.5 cm³/mol. The average Bonchev–Trinajstić information content (AvgIpc) is 2.25. The Morgan fingerprint density at radius 3 is 2.33 bits per heavy atom. The van der Waals surface area contributed by atoms with Crippen LogP contribution >= 0.6 is 24.0 Å². The van der Waals surface area contributed by atoms with E-state index in [1.165, 1.54) is 0 Å². The third kappa shape index (κ3) is 1.33. The first-order valence-electron chi connectivity index (χ1n) is 3.77. The van der Waals surface area contributed by atoms with Crippen molar-refractivity contribution < 1.29 is 13.5 Å². The van der Waals surface area contributed by atoms with Crippen molar-refractivity contribution in [3.63, 3.8) is 0 Å². The number of ether oxygens (including phenoxy) is 1. The molecule has 2 atom stereocenters. The minimum atomic E-state index is -2.23. The van der Waals surface area contributed by atoms with E-state index < -0.39 is 10.9 Å². The van der Waals surface area contributed by atoms with Crippen molar-refractivity contribution in [2.24, 2.45) is 0 Å². The van der Waals surface area contributed by atoms with E-state index in [0.717, 1.165) is 0 Å². The molecule has 5 heteroatoms. The zero-order valence-electron chi connectivity index (χ0n) is 6.89. The number of thiocarbonyl (C=S) groups is 1. The summed E-state index contributed by atoms with van der Waals surface area (Å²) in [6.07, 6.45) is 0.0344. The lowest BCUT2D eigenvalue weighted by atomic mass is 10.1. The fourth-order valence-corrected chi connectivity index (χ4v) is 2.56. The molecule has 1 aliphatic rings. The molecule has 0 aromatic rings. The van der Waals surface area contributed by atoms with Crippen LogP contribution in [0.2, 0.25) is 0 Å². The number of halogens is 2. The first-order valence-corrected chi connectivity index (χ1v) is 4.99. The first-order chi connectivity index (χ1) is 5.47. The van der Waals surface area contributed by atoms with Gasteiger partial charge in [-0.1, -0.05) is 13.8 Å². The molecule has 1 rings (SSSR count). The van der Waals surface area contributed by atoms with Gasteiger partial charge in [-0.3, -0.25) is 0 Å². The van der Waals surface area contributed by atoms with Crippen molar-refractivity contribution in [2.45, 2.75) is 37.5 Å². The van der Waals surface area contributed by atoms with Crippen molar-refractivity contribution in [1.82, 2.24) is 0 Å². The van der Waals surface area contributed by atoms with E-state index in [-0.39, 0.29) is 17.2 Å². The average molecular weight is 212 g/mol. The van der Waals surface area contributed by atoms with Gasteiger partial charge in [0.1, 0.15) is 0 Å². The smallest absolute Gasteiger partial charge is 0.292 e. The molecule has 0 aromatic heterocycles. The quantitative estimate of drug-likeness (QED) is 0.651. The van der Waals surface area contributed by atoms with Crippen LogP contribution in [0.3, 0.4) is 0 Å². The van der Waals surface area contributed by atoms with E-state index >= 15 is 0 Å². The maximum atomic E-state index is 13.7. The molecule has 1 fully saturated rings. The van der Waals surface area contributed by atoms with Gasteiger partial charge in [0.2, 0.25) is 9.38 Å². The number of alkyl halides is 2. The maximum Gasteiger partial charge on any atom is 0.292 e. The van der Waals surface area contributed by atoms with E-state index in [4.69, 9.17) is 0 Å². The Balaban J connectivity index is 2.93. The molecular weight excluding hydrogens is 202 g/mol. The monoisotopic (exact) mass is 212 g/mol. The summed E-state index contributed by atoms with van der Waals surface area (Å²) in [5.41, 5.74) is 0. The van der Waals surface area contributed by atoms with Gasteiger partial charge >= 0.3 is 0 Å². The number of rotatable bonds is 2. The van der Waals surface area contributed by atoms with Crippen LogP contribution in [0.25, 0.3) is 0 Å². The van der Waals surface area contributed by atoms with Crippen LogP contribution in [0.5, 0.6) is 0 Å². The number of hydrogen-bond acceptors (Lipinski definition) is 3. The van der Waals surface area contributed by atoms with Gasteiger partial charge in [-0.2, -0.15) is 4.39 Å². The summed E-state index contributed by atoms with van der Waals surface area (Å²) >= 11 is 5.28. The van der Waals surface area contributed by atoms with E-state index in [9.17, 15) is 8.78 Å². The van der Waals surface area contributed by atoms with Crippen LogP contribution in [0.15, 0.2) is 0 Å². The lowest BCUT2D eigenvalue weighted by Gasteiger charge is -2.27. The van der Waals surface area contributed by atoms with Crippen molar-refractivity contribution >= 4 is 28.4 Å². The van der Waals surface area contributed by atoms with Crippen molar-refractivity contribution in [1.29, 1.82) is 0 Å². The van der Waals surface area contributed by atoms with Gasteiger partial charge in [-0.15, -0.1) is 0 Å². The van der Waals surface area contributed by atoms with E-state index in [1.54, 1.807) is 13.8 Å². The lowest BCUT2D eigenvalue weighted by Crippen LogP contribution is -2.41. The lowest BCUT2D eigenvalue weighted by molar-refractivity contribution is -0.135. The Hall–Kier alpha value is 0.1000. The van der Waals surface area contributed by atoms with Gasteiger partial charge < -0.3 is 4.74 Å². The molecule has 0 aromatic carbocycles. The van der Waals surface area contributed by atoms with Crippen LogP contribution in [0.1, 0.15) is 26.7 Å². The molecule has 0 N–H and O–H groups in total. The summed E-state index contributed by atoms with van der Waals surface area (Å²) in [5, 5.41) is -2.00. The van der Waals surface area contributed by atoms with Crippen molar-refractivity contribution in [3.05, 3.63) is 0 Å². The minimum Gasteiger partial charge on any atom is -0.437 e. The third-order valence-electron chi connectivity index (χ3n) is 1.96. The predicted octanol–water partition coefficient (Wildman–Crippen LogP) is 3.19. The fourth-order valence-electron chi connectivity index (χ4n) is 1.11. The summed E-state index contributed by atoms with van der Waals surface area (Å²) in [4.78, 5) is 0. The van der Waals surface area contributed by atoms with Crippen molar-refractivity contribution in [2.75, 3.05) is 0 Å². The zero-order valence-corrected chi connectivity index (χ0v) is 8.53. The highest BCUT2D eigenvalue weighted by atomic mass is 32.2. The van der Waals surface area contributed by atoms with Crippen LogP contribution in [-0.4, -0.2) is 15.2 Å². The Bertz CT molecular complexity index is 192. The minimum absolute atomic E-state index is 0.0233. The zero-order chi connectivity index (χ0) is 9.41. The highest BCUT2D eigenvalue weighted by Crippen LogP contribution is 2.52. The Morgan fingerprint density at radius 2 is 2.00 bits per heavy atom. The van der Waals surface area contributed by atoms with E-state index in [2.05, 4.69) is 17.0 Å². The SMILES string of the molecule is CCC1(F)OC(=S)SC1(F)CC. The maximum absolute atomic E-state index is 13.7. The second-order valence-corrected chi connectivity index (χ2v) is 4.47. The Morgan fingerprint density at radius 1 is 1.42 bits per heavy atom. The highest BCUT2D eigenvalue weighted by Gasteiger charge is 2.60. The van der Waals surface area contributed by atoms with E-state index in [0.29, 0.717) is 11.8 Å². The second-order valence-electron chi connectivity index (χ2n) is 2.62. The van der Waals surface area contributed by atoms with Gasteiger partial charge in [0.05, 0.1) is 0 Å². The van der Waals surface area contributed by atoms with Crippen LogP contribution in [0.4, 0.5) is 8.78 Å². The van der Waals surface area contributed by atoms with Crippen molar-refractivity contribution in [3.8, 4) is 0 Å². The molecule has 12 heavy (non-hydrogen) atoms. The van der Waals surface area contributed by atoms with Crippen LogP contribution < -0.4 is 0 Å². The Labute approximate surface area is 79.8 Å². The summed E-state index contributed by atoms with van der Waals surface area (Å²) in [6, 6.07) is 0. The molecule has 0 bridgehead atoms. The van der Waals surface area contributed by atoms with Gasteiger partial charge in [0, 0.05) is 6.42 Å². The summed E-state index contributed by atoms with van der Waals surface area (Å²) in [6.45, 7) is 3.12. The topological polar surface area (TPSA) is 9.23 Å². The molecule has 70 valence electrons. The summed E-state index contributed by atoms with van der Waals surface area (Å²) in [7, 11) is 0. The molecule has 0 radical (unpaired) electrons. The number of thioether (sulfide) groups is 1. The standard InChI is InChI=1S/C7H10F2OS2/c1-3-6(8)7(9,4-2)12-5(11)10-6/h3-4H2,1-2H3. The molecule has 1 heterocycles.